The van der Waals surface area contributed by atoms with Crippen LogP contribution >= 0.6 is 0 Å². The molecule has 2 aliphatic heterocycles. The topological polar surface area (TPSA) is 61.9 Å². The maximum atomic E-state index is 12.4. The highest BCUT2D eigenvalue weighted by Gasteiger charge is 2.38. The van der Waals surface area contributed by atoms with E-state index in [2.05, 4.69) is 5.32 Å². The molecule has 2 saturated heterocycles. The smallest absolute Gasteiger partial charge is 0.244 e. The second-order valence-electron chi connectivity index (χ2n) is 5.00. The lowest BCUT2D eigenvalue weighted by molar-refractivity contribution is -0.145. The Labute approximate surface area is 107 Å². The molecule has 2 fully saturated rings. The van der Waals surface area contributed by atoms with Crippen LogP contribution in [0.5, 0.6) is 0 Å². The first-order chi connectivity index (χ1) is 8.61. The second kappa shape index (κ2) is 5.67. The van der Waals surface area contributed by atoms with Crippen molar-refractivity contribution in [3.8, 4) is 0 Å². The molecule has 0 saturated carbocycles. The molecule has 1 N–H and O–H groups in total. The van der Waals surface area contributed by atoms with Crippen molar-refractivity contribution in [2.75, 3.05) is 40.4 Å². The van der Waals surface area contributed by atoms with Gasteiger partial charge < -0.3 is 19.9 Å². The number of nitrogens with zero attached hydrogens (tertiary/aromatic N) is 2. The lowest BCUT2D eigenvalue weighted by Crippen LogP contribution is -2.55. The molecule has 2 heterocycles. The fourth-order valence-electron chi connectivity index (χ4n) is 2.51. The summed E-state index contributed by atoms with van der Waals surface area (Å²) in [7, 11) is 3.45. The van der Waals surface area contributed by atoms with Crippen LogP contribution < -0.4 is 5.32 Å². The van der Waals surface area contributed by atoms with E-state index < -0.39 is 0 Å². The van der Waals surface area contributed by atoms with Gasteiger partial charge in [-0.2, -0.15) is 0 Å². The third-order valence-electron chi connectivity index (χ3n) is 3.48. The van der Waals surface area contributed by atoms with E-state index in [0.717, 1.165) is 12.8 Å². The largest absolute Gasteiger partial charge is 0.378 e. The van der Waals surface area contributed by atoms with Crippen LogP contribution in [-0.2, 0) is 14.3 Å². The molecule has 18 heavy (non-hydrogen) atoms. The summed E-state index contributed by atoms with van der Waals surface area (Å²) in [5, 5.41) is 3.14. The Kier molecular flexibility index (Phi) is 4.19. The van der Waals surface area contributed by atoms with Gasteiger partial charge in [-0.1, -0.05) is 0 Å². The number of hydrogen-bond donors (Lipinski definition) is 1. The van der Waals surface area contributed by atoms with E-state index in [-0.39, 0.29) is 23.9 Å². The first-order valence-corrected chi connectivity index (χ1v) is 6.44. The average Bonchev–Trinajstić information content (AvgIpc) is 2.87. The summed E-state index contributed by atoms with van der Waals surface area (Å²) >= 11 is 0. The van der Waals surface area contributed by atoms with Crippen molar-refractivity contribution >= 4 is 11.8 Å². The molecular weight excluding hydrogens is 234 g/mol. The third kappa shape index (κ3) is 2.64. The summed E-state index contributed by atoms with van der Waals surface area (Å²) in [5.41, 5.74) is 0. The first kappa shape index (κ1) is 13.3. The molecule has 2 amide bonds. The van der Waals surface area contributed by atoms with Crippen LogP contribution in [0.2, 0.25) is 0 Å². The SMILES string of the molecule is CN(C)C(=O)C1CCCN1C(=O)C1COCCN1. The molecule has 2 atom stereocenters. The van der Waals surface area contributed by atoms with Gasteiger partial charge in [-0.3, -0.25) is 9.59 Å². The minimum atomic E-state index is -0.297. The number of nitrogens with one attached hydrogen (secondary N) is 1. The van der Waals surface area contributed by atoms with Crippen molar-refractivity contribution in [1.82, 2.24) is 15.1 Å². The Morgan fingerprint density at radius 1 is 1.39 bits per heavy atom. The molecule has 0 spiro atoms. The second-order valence-corrected chi connectivity index (χ2v) is 5.00. The quantitative estimate of drug-likeness (QED) is 0.691. The van der Waals surface area contributed by atoms with Crippen LogP contribution in [0.3, 0.4) is 0 Å². The number of amides is 2. The third-order valence-corrected chi connectivity index (χ3v) is 3.48. The maximum absolute atomic E-state index is 12.4. The Bertz CT molecular complexity index is 327. The summed E-state index contributed by atoms with van der Waals surface area (Å²) in [5.74, 6) is 0.00461. The molecule has 0 aliphatic carbocycles. The molecule has 2 rings (SSSR count). The van der Waals surface area contributed by atoms with Crippen molar-refractivity contribution in [2.45, 2.75) is 24.9 Å². The zero-order chi connectivity index (χ0) is 13.1. The average molecular weight is 255 g/mol. The van der Waals surface area contributed by atoms with E-state index in [1.807, 2.05) is 0 Å². The molecule has 0 aromatic rings. The summed E-state index contributed by atoms with van der Waals surface area (Å²) in [6.45, 7) is 2.40. The molecule has 0 aromatic carbocycles. The molecule has 2 aliphatic rings. The number of rotatable bonds is 2. The number of likely N-dealkylation sites (N-methyl/N-ethyl adjacent to an activating group) is 1. The van der Waals surface area contributed by atoms with E-state index in [0.29, 0.717) is 26.3 Å². The van der Waals surface area contributed by atoms with Crippen molar-refractivity contribution in [2.24, 2.45) is 0 Å². The molecule has 0 aromatic heterocycles. The van der Waals surface area contributed by atoms with Gasteiger partial charge >= 0.3 is 0 Å². The molecular formula is C12H21N3O3. The number of hydrogen-bond acceptors (Lipinski definition) is 4. The molecule has 6 heteroatoms. The minimum Gasteiger partial charge on any atom is -0.378 e. The Hall–Kier alpha value is -1.14. The van der Waals surface area contributed by atoms with Crippen molar-refractivity contribution < 1.29 is 14.3 Å². The highest BCUT2D eigenvalue weighted by atomic mass is 16.5. The zero-order valence-corrected chi connectivity index (χ0v) is 11.0. The lowest BCUT2D eigenvalue weighted by Gasteiger charge is -2.31. The number of likely N-dealkylation sites (tertiary alicyclic amines) is 1. The monoisotopic (exact) mass is 255 g/mol. The van der Waals surface area contributed by atoms with Gasteiger partial charge in [-0.15, -0.1) is 0 Å². The van der Waals surface area contributed by atoms with Gasteiger partial charge in [-0.05, 0) is 12.8 Å². The van der Waals surface area contributed by atoms with Crippen molar-refractivity contribution in [3.63, 3.8) is 0 Å². The maximum Gasteiger partial charge on any atom is 0.244 e. The summed E-state index contributed by atoms with van der Waals surface area (Å²) in [4.78, 5) is 27.6. The van der Waals surface area contributed by atoms with E-state index in [4.69, 9.17) is 4.74 Å². The summed E-state index contributed by atoms with van der Waals surface area (Å²) in [6.07, 6.45) is 1.65. The van der Waals surface area contributed by atoms with Gasteiger partial charge in [0.2, 0.25) is 11.8 Å². The predicted molar refractivity (Wildman–Crippen MR) is 66.0 cm³/mol. The van der Waals surface area contributed by atoms with Gasteiger partial charge in [0.25, 0.3) is 0 Å². The van der Waals surface area contributed by atoms with Gasteiger partial charge in [0, 0.05) is 27.2 Å². The molecule has 0 radical (unpaired) electrons. The number of ether oxygens (including phenoxy) is 1. The molecule has 6 nitrogen and oxygen atoms in total. The Morgan fingerprint density at radius 2 is 2.17 bits per heavy atom. The normalized spacial score (nSPS) is 28.2. The van der Waals surface area contributed by atoms with Crippen molar-refractivity contribution in [1.29, 1.82) is 0 Å². The Morgan fingerprint density at radius 3 is 2.78 bits per heavy atom. The van der Waals surface area contributed by atoms with Gasteiger partial charge in [-0.25, -0.2) is 0 Å². The summed E-state index contributed by atoms with van der Waals surface area (Å²) < 4.78 is 5.30. The molecule has 0 bridgehead atoms. The summed E-state index contributed by atoms with van der Waals surface area (Å²) in [6, 6.07) is -0.592. The Balaban J connectivity index is 2.01. The van der Waals surface area contributed by atoms with Crippen LogP contribution in [0.1, 0.15) is 12.8 Å². The van der Waals surface area contributed by atoms with E-state index in [9.17, 15) is 9.59 Å². The van der Waals surface area contributed by atoms with Crippen LogP contribution in [0.4, 0.5) is 0 Å². The van der Waals surface area contributed by atoms with Crippen LogP contribution in [0.15, 0.2) is 0 Å². The number of carbonyl (C=O) groups is 2. The molecule has 102 valence electrons. The van der Waals surface area contributed by atoms with E-state index >= 15 is 0 Å². The lowest BCUT2D eigenvalue weighted by atomic mass is 10.1. The highest BCUT2D eigenvalue weighted by Crippen LogP contribution is 2.20. The minimum absolute atomic E-state index is 0.00704. The predicted octanol–water partition coefficient (Wildman–Crippen LogP) is -0.946. The van der Waals surface area contributed by atoms with E-state index in [1.54, 1.807) is 23.9 Å². The first-order valence-electron chi connectivity index (χ1n) is 6.44. The van der Waals surface area contributed by atoms with Crippen LogP contribution in [0, 0.1) is 0 Å². The number of carbonyl (C=O) groups excluding carboxylic acids is 2. The van der Waals surface area contributed by atoms with Crippen LogP contribution in [-0.4, -0.2) is 74.1 Å². The molecule has 2 unspecified atom stereocenters. The van der Waals surface area contributed by atoms with Crippen molar-refractivity contribution in [3.05, 3.63) is 0 Å². The number of morpholine rings is 1. The zero-order valence-electron chi connectivity index (χ0n) is 11.0. The highest BCUT2D eigenvalue weighted by molar-refractivity contribution is 5.90. The van der Waals surface area contributed by atoms with Crippen LogP contribution in [0.25, 0.3) is 0 Å². The van der Waals surface area contributed by atoms with Gasteiger partial charge in [0.1, 0.15) is 12.1 Å². The van der Waals surface area contributed by atoms with Gasteiger partial charge in [0.05, 0.1) is 13.2 Å². The fraction of sp³-hybridized carbons (Fsp3) is 0.833. The standard InChI is InChI=1S/C12H21N3O3/c1-14(2)12(17)10-4-3-6-15(10)11(16)9-8-18-7-5-13-9/h9-10,13H,3-8H2,1-2H3. The van der Waals surface area contributed by atoms with Gasteiger partial charge in [0.15, 0.2) is 0 Å². The fourth-order valence-corrected chi connectivity index (χ4v) is 2.51. The van der Waals surface area contributed by atoms with E-state index in [1.165, 1.54) is 0 Å².